The molecule has 30 heavy (non-hydrogen) atoms. The lowest BCUT2D eigenvalue weighted by Gasteiger charge is -2.08. The van der Waals surface area contributed by atoms with Gasteiger partial charge in [-0.05, 0) is 40.2 Å². The molecule has 3 aromatic heterocycles. The summed E-state index contributed by atoms with van der Waals surface area (Å²) in [5.41, 5.74) is -3.43. The highest BCUT2D eigenvalue weighted by atomic mass is 79.9. The largest absolute Gasteiger partial charge is 0.480 e. The number of alkyl halides is 3. The van der Waals surface area contributed by atoms with Crippen molar-refractivity contribution in [1.29, 1.82) is 0 Å². The minimum atomic E-state index is -4.47. The average molecular weight is 500 g/mol. The van der Waals surface area contributed by atoms with Crippen LogP contribution in [0.15, 0.2) is 46.2 Å². The summed E-state index contributed by atoms with van der Waals surface area (Å²) in [6.07, 6.45) is 2.69. The number of rotatable bonds is 5. The summed E-state index contributed by atoms with van der Waals surface area (Å²) in [6, 6.07) is 6.26. The number of carboxylic acid groups (broad SMARTS) is 1. The lowest BCUT2D eigenvalue weighted by Crippen LogP contribution is -2.06. The van der Waals surface area contributed by atoms with E-state index in [2.05, 4.69) is 38.1 Å². The van der Waals surface area contributed by atoms with Crippen molar-refractivity contribution in [3.8, 4) is 17.7 Å². The second-order valence-corrected chi connectivity index (χ2v) is 7.67. The molecule has 0 unspecified atom stereocenters. The maximum atomic E-state index is 13.0. The first-order chi connectivity index (χ1) is 14.2. The fourth-order valence-electron chi connectivity index (χ4n) is 2.58. The Hall–Kier alpha value is -2.84. The topological polar surface area (TPSA) is 75.9 Å². The van der Waals surface area contributed by atoms with Crippen molar-refractivity contribution in [2.75, 3.05) is 19.0 Å². The minimum Gasteiger partial charge on any atom is -0.480 e. The van der Waals surface area contributed by atoms with Gasteiger partial charge in [0.1, 0.15) is 5.03 Å². The van der Waals surface area contributed by atoms with Gasteiger partial charge in [0.2, 0.25) is 5.88 Å². The first-order valence-electron chi connectivity index (χ1n) is 8.25. The van der Waals surface area contributed by atoms with Crippen molar-refractivity contribution < 1.29 is 27.8 Å². The first kappa shape index (κ1) is 21.9. The molecule has 0 bridgehead atoms. The standard InChI is InChI=1S/C19H13BrF3N3O3S/c1-29-16-14(8-12(10-25-16)18(27)28)24-6-2-4-11-9-15-13(20)5-3-7-26(15)17(11)30-19(21,22)23/h3,5,7-10,24H,6H2,1H3,(H,27,28). The van der Waals surface area contributed by atoms with Gasteiger partial charge < -0.3 is 19.6 Å². The summed E-state index contributed by atoms with van der Waals surface area (Å²) in [5, 5.41) is 11.9. The Balaban J connectivity index is 1.88. The molecule has 11 heteroatoms. The van der Waals surface area contributed by atoms with Crippen molar-refractivity contribution in [3.05, 3.63) is 52.3 Å². The summed E-state index contributed by atoms with van der Waals surface area (Å²) in [6.45, 7) is 0.0323. The van der Waals surface area contributed by atoms with Crippen molar-refractivity contribution in [3.63, 3.8) is 0 Å². The number of anilines is 1. The predicted molar refractivity (Wildman–Crippen MR) is 110 cm³/mol. The normalized spacial score (nSPS) is 11.1. The summed E-state index contributed by atoms with van der Waals surface area (Å²) in [7, 11) is 1.38. The van der Waals surface area contributed by atoms with Gasteiger partial charge in [0.05, 0.1) is 36.0 Å². The highest BCUT2D eigenvalue weighted by Crippen LogP contribution is 2.40. The smallest absolute Gasteiger partial charge is 0.447 e. The number of aromatic carboxylic acids is 1. The van der Waals surface area contributed by atoms with Gasteiger partial charge in [-0.3, -0.25) is 0 Å². The van der Waals surface area contributed by atoms with Crippen LogP contribution in [0.2, 0.25) is 0 Å². The molecular weight excluding hydrogens is 487 g/mol. The molecule has 3 rings (SSSR count). The van der Waals surface area contributed by atoms with Crippen LogP contribution in [-0.4, -0.2) is 39.6 Å². The zero-order chi connectivity index (χ0) is 21.9. The Morgan fingerprint density at radius 1 is 1.43 bits per heavy atom. The van der Waals surface area contributed by atoms with E-state index in [4.69, 9.17) is 9.84 Å². The third-order valence-corrected chi connectivity index (χ3v) is 5.32. The number of carboxylic acids is 1. The van der Waals surface area contributed by atoms with E-state index in [1.165, 1.54) is 23.8 Å². The second kappa shape index (κ2) is 8.89. The average Bonchev–Trinajstić information content (AvgIpc) is 3.02. The molecule has 0 aromatic carbocycles. The first-order valence-corrected chi connectivity index (χ1v) is 9.86. The molecule has 156 valence electrons. The van der Waals surface area contributed by atoms with Crippen LogP contribution in [0.25, 0.3) is 5.52 Å². The van der Waals surface area contributed by atoms with Gasteiger partial charge in [0.25, 0.3) is 0 Å². The fraction of sp³-hybridized carbons (Fsp3) is 0.158. The summed E-state index contributed by atoms with van der Waals surface area (Å²) >= 11 is 3.09. The number of hydrogen-bond acceptors (Lipinski definition) is 5. The maximum Gasteiger partial charge on any atom is 0.447 e. The van der Waals surface area contributed by atoms with Crippen molar-refractivity contribution >= 4 is 44.9 Å². The van der Waals surface area contributed by atoms with E-state index in [1.54, 1.807) is 18.2 Å². The number of thioether (sulfide) groups is 1. The molecule has 0 aliphatic carbocycles. The number of methoxy groups -OCH3 is 1. The molecule has 0 radical (unpaired) electrons. The van der Waals surface area contributed by atoms with Gasteiger partial charge in [0, 0.05) is 28.6 Å². The highest BCUT2D eigenvalue weighted by molar-refractivity contribution is 9.10. The fourth-order valence-corrected chi connectivity index (χ4v) is 3.73. The van der Waals surface area contributed by atoms with E-state index in [-0.39, 0.29) is 40.3 Å². The number of carbonyl (C=O) groups is 1. The Kier molecular flexibility index (Phi) is 6.48. The van der Waals surface area contributed by atoms with E-state index < -0.39 is 11.5 Å². The SMILES string of the molecule is COc1ncc(C(=O)O)cc1NCC#Cc1cc2c(Br)cccn2c1SC(F)(F)F. The number of fused-ring (bicyclic) bond motifs is 1. The van der Waals surface area contributed by atoms with Gasteiger partial charge in [0.15, 0.2) is 0 Å². The third kappa shape index (κ3) is 5.01. The number of pyridine rings is 2. The van der Waals surface area contributed by atoms with Crippen LogP contribution in [0, 0.1) is 11.8 Å². The van der Waals surface area contributed by atoms with Crippen LogP contribution in [0.4, 0.5) is 18.9 Å². The molecule has 0 amide bonds. The van der Waals surface area contributed by atoms with Gasteiger partial charge in [-0.15, -0.1) is 0 Å². The Bertz CT molecular complexity index is 1170. The summed E-state index contributed by atoms with van der Waals surface area (Å²) in [4.78, 5) is 15.0. The zero-order valence-corrected chi connectivity index (χ0v) is 17.7. The number of hydrogen-bond donors (Lipinski definition) is 2. The molecule has 3 heterocycles. The molecule has 0 atom stereocenters. The third-order valence-electron chi connectivity index (χ3n) is 3.81. The van der Waals surface area contributed by atoms with Gasteiger partial charge in [-0.1, -0.05) is 11.8 Å². The second-order valence-electron chi connectivity index (χ2n) is 5.76. The molecule has 6 nitrogen and oxygen atoms in total. The van der Waals surface area contributed by atoms with Crippen LogP contribution < -0.4 is 10.1 Å². The van der Waals surface area contributed by atoms with E-state index in [0.717, 1.165) is 6.20 Å². The number of nitrogens with zero attached hydrogens (tertiary/aromatic N) is 2. The monoisotopic (exact) mass is 499 g/mol. The number of halogens is 4. The van der Waals surface area contributed by atoms with E-state index >= 15 is 0 Å². The highest BCUT2D eigenvalue weighted by Gasteiger charge is 2.32. The molecule has 2 N–H and O–H groups in total. The molecule has 0 spiro atoms. The van der Waals surface area contributed by atoms with Gasteiger partial charge in [-0.25, -0.2) is 9.78 Å². The number of ether oxygens (including phenoxy) is 1. The Labute approximate surface area is 181 Å². The molecule has 0 aliphatic heterocycles. The van der Waals surface area contributed by atoms with Crippen LogP contribution in [-0.2, 0) is 0 Å². The minimum absolute atomic E-state index is 0.0323. The molecule has 0 aliphatic rings. The van der Waals surface area contributed by atoms with E-state index in [1.807, 2.05) is 0 Å². The number of aromatic nitrogens is 2. The molecular formula is C19H13BrF3N3O3S. The van der Waals surface area contributed by atoms with Crippen molar-refractivity contribution in [1.82, 2.24) is 9.38 Å². The maximum absolute atomic E-state index is 13.0. The lowest BCUT2D eigenvalue weighted by molar-refractivity contribution is -0.0329. The quantitative estimate of drug-likeness (QED) is 0.385. The number of nitrogens with one attached hydrogen (secondary N) is 1. The van der Waals surface area contributed by atoms with Crippen LogP contribution in [0.1, 0.15) is 15.9 Å². The lowest BCUT2D eigenvalue weighted by atomic mass is 10.2. The van der Waals surface area contributed by atoms with Gasteiger partial charge in [-0.2, -0.15) is 13.2 Å². The molecule has 0 saturated carbocycles. The Morgan fingerprint density at radius 2 is 2.20 bits per heavy atom. The predicted octanol–water partition coefficient (Wildman–Crippen LogP) is 4.88. The van der Waals surface area contributed by atoms with Gasteiger partial charge >= 0.3 is 11.5 Å². The zero-order valence-electron chi connectivity index (χ0n) is 15.2. The van der Waals surface area contributed by atoms with E-state index in [9.17, 15) is 18.0 Å². The van der Waals surface area contributed by atoms with Crippen molar-refractivity contribution in [2.24, 2.45) is 0 Å². The summed E-state index contributed by atoms with van der Waals surface area (Å²) < 4.78 is 46.2. The van der Waals surface area contributed by atoms with Crippen molar-refractivity contribution in [2.45, 2.75) is 10.5 Å². The summed E-state index contributed by atoms with van der Waals surface area (Å²) in [5.74, 6) is 4.52. The van der Waals surface area contributed by atoms with E-state index in [0.29, 0.717) is 15.7 Å². The van der Waals surface area contributed by atoms with Crippen LogP contribution >= 0.6 is 27.7 Å². The van der Waals surface area contributed by atoms with Crippen LogP contribution in [0.5, 0.6) is 5.88 Å². The molecule has 3 aromatic rings. The molecule has 0 saturated heterocycles. The Morgan fingerprint density at radius 3 is 2.87 bits per heavy atom. The molecule has 0 fully saturated rings. The van der Waals surface area contributed by atoms with Crippen LogP contribution in [0.3, 0.4) is 0 Å².